The molecule has 2 aromatic rings. The monoisotopic (exact) mass is 451 g/mol. The molecule has 1 N–H and O–H groups in total. The van der Waals surface area contributed by atoms with Crippen molar-refractivity contribution in [1.82, 2.24) is 9.62 Å². The fourth-order valence-electron chi connectivity index (χ4n) is 3.23. The van der Waals surface area contributed by atoms with Crippen LogP contribution in [0.4, 0.5) is 5.69 Å². The van der Waals surface area contributed by atoms with Crippen LogP contribution in [0.25, 0.3) is 0 Å². The third-order valence-electron chi connectivity index (χ3n) is 4.89. The third kappa shape index (κ3) is 6.10. The van der Waals surface area contributed by atoms with Crippen LogP contribution >= 0.6 is 11.6 Å². The van der Waals surface area contributed by atoms with Crippen molar-refractivity contribution in [3.05, 3.63) is 59.6 Å². The van der Waals surface area contributed by atoms with Gasteiger partial charge in [0.05, 0.1) is 5.75 Å². The molecule has 0 radical (unpaired) electrons. The van der Waals surface area contributed by atoms with E-state index in [1.807, 2.05) is 42.5 Å². The summed E-state index contributed by atoms with van der Waals surface area (Å²) in [6.45, 7) is 3.65. The second kappa shape index (κ2) is 10.1. The molecule has 1 fully saturated rings. The van der Waals surface area contributed by atoms with Gasteiger partial charge in [-0.15, -0.1) is 0 Å². The van der Waals surface area contributed by atoms with Gasteiger partial charge in [0.2, 0.25) is 10.0 Å². The number of para-hydroxylation sites is 1. The van der Waals surface area contributed by atoms with Crippen LogP contribution in [-0.4, -0.2) is 63.2 Å². The first-order chi connectivity index (χ1) is 14.3. The molecule has 2 aromatic carbocycles. The summed E-state index contributed by atoms with van der Waals surface area (Å²) in [7, 11) is -3.45. The summed E-state index contributed by atoms with van der Waals surface area (Å²) < 4.78 is 32.3. The number of benzene rings is 2. The number of carbonyl (C=O) groups excluding carboxylic acids is 1. The maximum Gasteiger partial charge on any atom is 0.260 e. The zero-order valence-electron chi connectivity index (χ0n) is 16.8. The number of amides is 1. The summed E-state index contributed by atoms with van der Waals surface area (Å²) in [6.07, 6.45) is -0.712. The average Bonchev–Trinajstić information content (AvgIpc) is 2.74. The fourth-order valence-corrected chi connectivity index (χ4v) is 4.75. The number of hydrogen-bond acceptors (Lipinski definition) is 5. The van der Waals surface area contributed by atoms with E-state index in [2.05, 4.69) is 10.2 Å². The molecular weight excluding hydrogens is 426 g/mol. The van der Waals surface area contributed by atoms with Crippen LogP contribution < -0.4 is 15.0 Å². The molecular formula is C21H26ClN3O4S. The Kier molecular flexibility index (Phi) is 7.58. The Morgan fingerprint density at radius 3 is 2.47 bits per heavy atom. The van der Waals surface area contributed by atoms with Crippen LogP contribution in [0.15, 0.2) is 54.6 Å². The van der Waals surface area contributed by atoms with E-state index in [1.165, 1.54) is 4.31 Å². The van der Waals surface area contributed by atoms with Crippen molar-refractivity contribution in [2.75, 3.05) is 43.4 Å². The molecule has 1 saturated heterocycles. The van der Waals surface area contributed by atoms with E-state index in [0.717, 1.165) is 5.69 Å². The number of rotatable bonds is 8. The summed E-state index contributed by atoms with van der Waals surface area (Å²) in [5.74, 6) is 0.0960. The number of nitrogens with zero attached hydrogens (tertiary/aromatic N) is 2. The van der Waals surface area contributed by atoms with Gasteiger partial charge < -0.3 is 15.0 Å². The smallest absolute Gasteiger partial charge is 0.260 e. The van der Waals surface area contributed by atoms with E-state index in [9.17, 15) is 13.2 Å². The van der Waals surface area contributed by atoms with Crippen molar-refractivity contribution in [1.29, 1.82) is 0 Å². The van der Waals surface area contributed by atoms with Gasteiger partial charge in [-0.05, 0) is 37.3 Å². The van der Waals surface area contributed by atoms with E-state index < -0.39 is 16.1 Å². The van der Waals surface area contributed by atoms with Gasteiger partial charge in [-0.3, -0.25) is 4.79 Å². The number of sulfonamides is 1. The summed E-state index contributed by atoms with van der Waals surface area (Å²) in [4.78, 5) is 14.3. The lowest BCUT2D eigenvalue weighted by Crippen LogP contribution is -2.50. The molecule has 30 heavy (non-hydrogen) atoms. The highest BCUT2D eigenvalue weighted by molar-refractivity contribution is 7.89. The predicted molar refractivity (Wildman–Crippen MR) is 119 cm³/mol. The van der Waals surface area contributed by atoms with Gasteiger partial charge in [0, 0.05) is 43.4 Å². The van der Waals surface area contributed by atoms with Crippen LogP contribution in [0.1, 0.15) is 6.92 Å². The highest BCUT2D eigenvalue weighted by atomic mass is 35.5. The second-order valence-corrected chi connectivity index (χ2v) is 9.57. The van der Waals surface area contributed by atoms with Crippen LogP contribution in [0.3, 0.4) is 0 Å². The second-order valence-electron chi connectivity index (χ2n) is 7.05. The lowest BCUT2D eigenvalue weighted by molar-refractivity contribution is -0.127. The first-order valence-corrected chi connectivity index (χ1v) is 11.8. The molecule has 9 heteroatoms. The molecule has 0 aliphatic carbocycles. The van der Waals surface area contributed by atoms with Crippen molar-refractivity contribution in [2.24, 2.45) is 0 Å². The van der Waals surface area contributed by atoms with E-state index >= 15 is 0 Å². The first-order valence-electron chi connectivity index (χ1n) is 9.83. The van der Waals surface area contributed by atoms with Gasteiger partial charge >= 0.3 is 0 Å². The number of halogens is 1. The minimum atomic E-state index is -3.45. The molecule has 3 rings (SSSR count). The molecule has 1 atom stereocenters. The Labute approximate surface area is 182 Å². The van der Waals surface area contributed by atoms with Crippen molar-refractivity contribution in [2.45, 2.75) is 13.0 Å². The number of piperazine rings is 1. The molecule has 162 valence electrons. The molecule has 0 bridgehead atoms. The predicted octanol–water partition coefficient (Wildman–Crippen LogP) is 2.38. The van der Waals surface area contributed by atoms with Gasteiger partial charge in [-0.25, -0.2) is 8.42 Å². The van der Waals surface area contributed by atoms with Crippen molar-refractivity contribution in [3.8, 4) is 5.75 Å². The number of carbonyl (C=O) groups is 1. The third-order valence-corrected chi connectivity index (χ3v) is 7.00. The van der Waals surface area contributed by atoms with Gasteiger partial charge in [0.15, 0.2) is 6.10 Å². The Morgan fingerprint density at radius 2 is 1.80 bits per heavy atom. The number of hydrogen-bond donors (Lipinski definition) is 1. The summed E-state index contributed by atoms with van der Waals surface area (Å²) in [5.41, 5.74) is 0.985. The van der Waals surface area contributed by atoms with Crippen LogP contribution in [0.2, 0.25) is 5.02 Å². The Bertz CT molecular complexity index is 948. The van der Waals surface area contributed by atoms with E-state index in [1.54, 1.807) is 19.1 Å². The van der Waals surface area contributed by atoms with Gasteiger partial charge in [0.1, 0.15) is 5.75 Å². The molecule has 0 saturated carbocycles. The quantitative estimate of drug-likeness (QED) is 0.666. The van der Waals surface area contributed by atoms with E-state index in [-0.39, 0.29) is 18.2 Å². The minimum Gasteiger partial charge on any atom is -0.481 e. The molecule has 0 unspecified atom stereocenters. The Balaban J connectivity index is 1.43. The van der Waals surface area contributed by atoms with Crippen molar-refractivity contribution < 1.29 is 17.9 Å². The molecule has 7 nitrogen and oxygen atoms in total. The maximum absolute atomic E-state index is 12.6. The highest BCUT2D eigenvalue weighted by Crippen LogP contribution is 2.21. The maximum atomic E-state index is 12.6. The van der Waals surface area contributed by atoms with Crippen molar-refractivity contribution >= 4 is 33.2 Å². The fraction of sp³-hybridized carbons (Fsp3) is 0.381. The molecule has 1 aliphatic heterocycles. The molecule has 1 aliphatic rings. The average molecular weight is 452 g/mol. The summed E-state index contributed by atoms with van der Waals surface area (Å²) in [5, 5.41) is 3.30. The van der Waals surface area contributed by atoms with Crippen LogP contribution in [0, 0.1) is 0 Å². The zero-order chi connectivity index (χ0) is 21.6. The minimum absolute atomic E-state index is 0.0398. The molecule has 1 amide bonds. The molecule has 1 heterocycles. The number of anilines is 1. The summed E-state index contributed by atoms with van der Waals surface area (Å²) >= 11 is 6.04. The zero-order valence-corrected chi connectivity index (χ0v) is 18.4. The SMILES string of the molecule is C[C@H](Oc1ccccc1)C(=O)NCCS(=O)(=O)N1CCN(c2cccc(Cl)c2)CC1. The molecule has 0 aromatic heterocycles. The lowest BCUT2D eigenvalue weighted by atomic mass is 10.2. The van der Waals surface area contributed by atoms with E-state index in [0.29, 0.717) is 37.0 Å². The largest absolute Gasteiger partial charge is 0.481 e. The topological polar surface area (TPSA) is 78.9 Å². The summed E-state index contributed by atoms with van der Waals surface area (Å²) in [6, 6.07) is 16.5. The molecule has 0 spiro atoms. The van der Waals surface area contributed by atoms with Crippen LogP contribution in [0.5, 0.6) is 5.75 Å². The van der Waals surface area contributed by atoms with E-state index in [4.69, 9.17) is 16.3 Å². The highest BCUT2D eigenvalue weighted by Gasteiger charge is 2.27. The normalized spacial score (nSPS) is 16.1. The lowest BCUT2D eigenvalue weighted by Gasteiger charge is -2.35. The van der Waals surface area contributed by atoms with Gasteiger partial charge in [0.25, 0.3) is 5.91 Å². The Morgan fingerprint density at radius 1 is 1.10 bits per heavy atom. The van der Waals surface area contributed by atoms with Crippen molar-refractivity contribution in [3.63, 3.8) is 0 Å². The first kappa shape index (κ1) is 22.4. The van der Waals surface area contributed by atoms with Gasteiger partial charge in [-0.1, -0.05) is 35.9 Å². The number of ether oxygens (including phenoxy) is 1. The Hall–Kier alpha value is -2.29. The van der Waals surface area contributed by atoms with Crippen LogP contribution in [-0.2, 0) is 14.8 Å². The van der Waals surface area contributed by atoms with Gasteiger partial charge in [-0.2, -0.15) is 4.31 Å². The standard InChI is InChI=1S/C21H26ClN3O4S/c1-17(29-20-8-3-2-4-9-20)21(26)23-10-15-30(27,28)25-13-11-24(12-14-25)19-7-5-6-18(22)16-19/h2-9,16-17H,10-15H2,1H3,(H,23,26)/t17-/m0/s1. The number of nitrogens with one attached hydrogen (secondary N) is 1.